The lowest BCUT2D eigenvalue weighted by Gasteiger charge is -2.41. The molecule has 1 aliphatic heterocycles. The molecule has 1 heterocycles. The number of likely N-dealkylation sites (N-methyl/N-ethyl adjacent to an activating group) is 2. The van der Waals surface area contributed by atoms with Crippen molar-refractivity contribution in [1.82, 2.24) is 25.3 Å². The number of rotatable bonds is 21. The molecule has 4 N–H and O–H groups in total. The zero-order valence-corrected chi connectivity index (χ0v) is 35.2. The first-order valence-electron chi connectivity index (χ1n) is 19.7. The average molecular weight is 776 g/mol. The Balaban J connectivity index is 2.28. The van der Waals surface area contributed by atoms with E-state index in [-0.39, 0.29) is 47.9 Å². The van der Waals surface area contributed by atoms with Crippen LogP contribution in [0.4, 0.5) is 0 Å². The van der Waals surface area contributed by atoms with Crippen molar-refractivity contribution in [2.75, 3.05) is 41.5 Å². The van der Waals surface area contributed by atoms with Gasteiger partial charge in [-0.3, -0.25) is 24.0 Å². The highest BCUT2D eigenvalue weighted by Crippen LogP contribution is 2.30. The summed E-state index contributed by atoms with van der Waals surface area (Å²) in [5.41, 5.74) is 0.693. The van der Waals surface area contributed by atoms with Gasteiger partial charge in [-0.25, -0.2) is 0 Å². The summed E-state index contributed by atoms with van der Waals surface area (Å²) < 4.78 is 11.9. The van der Waals surface area contributed by atoms with Crippen LogP contribution in [0, 0.1) is 23.7 Å². The largest absolute Gasteiger partial charge is 0.387 e. The van der Waals surface area contributed by atoms with E-state index in [0.29, 0.717) is 24.9 Å². The van der Waals surface area contributed by atoms with Crippen LogP contribution < -0.4 is 10.6 Å². The van der Waals surface area contributed by atoms with E-state index in [1.54, 1.807) is 56.7 Å². The summed E-state index contributed by atoms with van der Waals surface area (Å²) in [6, 6.07) is 5.80. The summed E-state index contributed by atoms with van der Waals surface area (Å²) in [6.07, 6.45) is -0.184. The van der Waals surface area contributed by atoms with Gasteiger partial charge in [0.05, 0.1) is 48.8 Å². The predicted octanol–water partition coefficient (Wildman–Crippen LogP) is 2.76. The number of hydrogen-bond acceptors (Lipinski definition) is 9. The molecule has 55 heavy (non-hydrogen) atoms. The van der Waals surface area contributed by atoms with Crippen LogP contribution in [-0.2, 0) is 33.4 Å². The van der Waals surface area contributed by atoms with Crippen molar-refractivity contribution in [1.29, 1.82) is 0 Å². The van der Waals surface area contributed by atoms with Crippen molar-refractivity contribution < 1.29 is 43.7 Å². The maximum atomic E-state index is 14.3. The van der Waals surface area contributed by atoms with E-state index in [4.69, 9.17) is 9.47 Å². The third-order valence-corrected chi connectivity index (χ3v) is 11.3. The second-order valence-corrected chi connectivity index (χ2v) is 15.8. The van der Waals surface area contributed by atoms with E-state index in [9.17, 15) is 34.2 Å². The van der Waals surface area contributed by atoms with Crippen molar-refractivity contribution in [2.45, 2.75) is 130 Å². The molecule has 1 aromatic carbocycles. The lowest BCUT2D eigenvalue weighted by molar-refractivity contribution is -0.149. The molecule has 312 valence electrons. The van der Waals surface area contributed by atoms with Gasteiger partial charge in [-0.1, -0.05) is 85.2 Å². The fourth-order valence-electron chi connectivity index (χ4n) is 7.84. The zero-order chi connectivity index (χ0) is 41.7. The van der Waals surface area contributed by atoms with Gasteiger partial charge in [-0.05, 0) is 43.1 Å². The van der Waals surface area contributed by atoms with Crippen LogP contribution in [0.15, 0.2) is 30.3 Å². The number of methoxy groups -OCH3 is 2. The molecule has 1 aliphatic rings. The quantitative estimate of drug-likeness (QED) is 0.146. The summed E-state index contributed by atoms with van der Waals surface area (Å²) in [5, 5.41) is 26.1. The Morgan fingerprint density at radius 1 is 0.891 bits per heavy atom. The number of likely N-dealkylation sites (tertiary alicyclic amines) is 1. The van der Waals surface area contributed by atoms with E-state index >= 15 is 0 Å². The molecule has 0 saturated carbocycles. The molecule has 0 radical (unpaired) electrons. The van der Waals surface area contributed by atoms with Gasteiger partial charge < -0.3 is 45.0 Å². The van der Waals surface area contributed by atoms with Gasteiger partial charge in [-0.2, -0.15) is 0 Å². The predicted molar refractivity (Wildman–Crippen MR) is 210 cm³/mol. The third-order valence-electron chi connectivity index (χ3n) is 11.3. The monoisotopic (exact) mass is 776 g/mol. The molecule has 0 unspecified atom stereocenters. The molecule has 1 fully saturated rings. The Morgan fingerprint density at radius 2 is 1.51 bits per heavy atom. The van der Waals surface area contributed by atoms with Gasteiger partial charge >= 0.3 is 0 Å². The van der Waals surface area contributed by atoms with Gasteiger partial charge in [0.1, 0.15) is 18.7 Å². The third kappa shape index (κ3) is 12.2. The summed E-state index contributed by atoms with van der Waals surface area (Å²) >= 11 is 0. The number of ether oxygens (including phenoxy) is 2. The maximum absolute atomic E-state index is 14.3. The number of benzene rings is 1. The highest BCUT2D eigenvalue weighted by molar-refractivity contribution is 5.92. The molecular weight excluding hydrogens is 706 g/mol. The molecule has 1 saturated heterocycles. The minimum absolute atomic E-state index is 0.0286. The number of nitrogens with one attached hydrogen (secondary N) is 2. The molecule has 5 amide bonds. The second-order valence-electron chi connectivity index (χ2n) is 15.8. The average Bonchev–Trinajstić information content (AvgIpc) is 3.65. The van der Waals surface area contributed by atoms with Crippen LogP contribution in [-0.4, -0.2) is 138 Å². The number of carbonyl (C=O) groups is 5. The van der Waals surface area contributed by atoms with Crippen LogP contribution in [0.1, 0.15) is 92.7 Å². The molecular formula is C41H69N5O9. The van der Waals surface area contributed by atoms with Crippen molar-refractivity contribution in [3.05, 3.63) is 35.9 Å². The standard InChI is InChI=1S/C41H69N5O9/c1-13-26(6)36(45(10)41(53)34(24(2)3)43-40(52)35(25(4)5)44(9)33(49)23-47)31(54-11)22-32(48)46-21-17-20-30(46)38(55-12)27(7)39(51)42-28(8)37(50)29-18-15-14-16-19-29/h14-16,18-19,24-28,30-31,34-38,47,50H,13,17,20-23H2,1-12H3,(H,42,51)(H,43,52)/t26-,27+,28+,30-,31+,34-,35-,36-,37+,38+/m0/s1. The number of nitrogens with zero attached hydrogens (tertiary/aromatic N) is 3. The molecule has 0 bridgehead atoms. The Hall–Kier alpha value is -3.59. The van der Waals surface area contributed by atoms with E-state index in [1.807, 2.05) is 45.9 Å². The van der Waals surface area contributed by atoms with E-state index < -0.39 is 66.8 Å². The number of amides is 5. The van der Waals surface area contributed by atoms with Crippen LogP contribution in [0.5, 0.6) is 0 Å². The molecule has 14 heteroatoms. The van der Waals surface area contributed by atoms with Crippen LogP contribution in [0.3, 0.4) is 0 Å². The Kier molecular flexibility index (Phi) is 19.2. The normalized spacial score (nSPS) is 19.4. The summed E-state index contributed by atoms with van der Waals surface area (Å²) in [5.74, 6) is -3.28. The Labute approximate surface area is 328 Å². The Bertz CT molecular complexity index is 1400. The molecule has 0 spiro atoms. The first-order valence-corrected chi connectivity index (χ1v) is 19.7. The van der Waals surface area contributed by atoms with Crippen molar-refractivity contribution in [2.24, 2.45) is 23.7 Å². The Morgan fingerprint density at radius 3 is 2.02 bits per heavy atom. The highest BCUT2D eigenvalue weighted by Gasteiger charge is 2.43. The van der Waals surface area contributed by atoms with E-state index in [2.05, 4.69) is 10.6 Å². The summed E-state index contributed by atoms with van der Waals surface area (Å²) in [6.45, 7) is 14.5. The lowest BCUT2D eigenvalue weighted by atomic mass is 9.89. The topological polar surface area (TPSA) is 178 Å². The minimum Gasteiger partial charge on any atom is -0.387 e. The molecule has 1 aromatic rings. The van der Waals surface area contributed by atoms with Gasteiger partial charge in [0.25, 0.3) is 0 Å². The molecule has 2 rings (SSSR count). The van der Waals surface area contributed by atoms with E-state index in [0.717, 1.165) is 6.42 Å². The van der Waals surface area contributed by atoms with Gasteiger partial charge in [0.15, 0.2) is 0 Å². The van der Waals surface area contributed by atoms with E-state index in [1.165, 1.54) is 26.2 Å². The maximum Gasteiger partial charge on any atom is 0.248 e. The highest BCUT2D eigenvalue weighted by atomic mass is 16.5. The fourth-order valence-corrected chi connectivity index (χ4v) is 7.84. The van der Waals surface area contributed by atoms with Gasteiger partial charge in [0.2, 0.25) is 29.5 Å². The van der Waals surface area contributed by atoms with Crippen molar-refractivity contribution >= 4 is 29.5 Å². The number of carbonyl (C=O) groups excluding carboxylic acids is 5. The van der Waals surface area contributed by atoms with Crippen molar-refractivity contribution in [3.63, 3.8) is 0 Å². The first kappa shape index (κ1) is 47.6. The zero-order valence-electron chi connectivity index (χ0n) is 35.2. The molecule has 0 aliphatic carbocycles. The number of hydrogen-bond donors (Lipinski definition) is 4. The SMILES string of the molecule is CC[C@H](C)[C@@H]([C@@H](CC(=O)N1CCC[C@H]1[C@H](OC)[C@@H](C)C(=O)N[C@H](C)[C@@H](O)c1ccccc1)OC)N(C)C(=O)[C@@H](NC(=O)[C@H](C(C)C)N(C)C(=O)CO)C(C)C. The minimum atomic E-state index is -0.939. The van der Waals surface area contributed by atoms with Crippen molar-refractivity contribution in [3.8, 4) is 0 Å². The van der Waals surface area contributed by atoms with Gasteiger partial charge in [0, 0.05) is 34.9 Å². The molecule has 14 nitrogen and oxygen atoms in total. The summed E-state index contributed by atoms with van der Waals surface area (Å²) in [4.78, 5) is 72.4. The first-order chi connectivity index (χ1) is 25.9. The smallest absolute Gasteiger partial charge is 0.248 e. The lowest BCUT2D eigenvalue weighted by Crippen LogP contribution is -2.60. The van der Waals surface area contributed by atoms with Crippen LogP contribution >= 0.6 is 0 Å². The van der Waals surface area contributed by atoms with Crippen LogP contribution in [0.2, 0.25) is 0 Å². The summed E-state index contributed by atoms with van der Waals surface area (Å²) in [7, 11) is 6.17. The fraction of sp³-hybridized carbons (Fsp3) is 0.732. The molecule has 0 aromatic heterocycles. The number of aliphatic hydroxyl groups is 2. The molecule has 10 atom stereocenters. The van der Waals surface area contributed by atoms with Gasteiger partial charge in [-0.15, -0.1) is 0 Å². The number of aliphatic hydroxyl groups excluding tert-OH is 2. The van der Waals surface area contributed by atoms with Crippen LogP contribution in [0.25, 0.3) is 0 Å². The second kappa shape index (κ2) is 22.2.